The molecular weight excluding hydrogens is 147 g/mol. The van der Waals surface area contributed by atoms with Gasteiger partial charge in [0.15, 0.2) is 0 Å². The van der Waals surface area contributed by atoms with Crippen molar-refractivity contribution in [2.45, 2.75) is 11.8 Å². The minimum absolute atomic E-state index is 0.718. The Labute approximate surface area is 56.0 Å². The molecule has 0 aromatic heterocycles. The van der Waals surface area contributed by atoms with E-state index in [-0.39, 0.29) is 0 Å². The lowest BCUT2D eigenvalue weighted by atomic mass is 10.3. The molecule has 0 fully saturated rings. The molecule has 0 aliphatic carbocycles. The van der Waals surface area contributed by atoms with Crippen molar-refractivity contribution in [3.63, 3.8) is 0 Å². The first-order chi connectivity index (χ1) is 4.04. The van der Waals surface area contributed by atoms with Gasteiger partial charge in [-0.2, -0.15) is 0 Å². The molecule has 0 spiro atoms. The number of hydrogen-bond donors (Lipinski definition) is 0. The lowest BCUT2D eigenvalue weighted by molar-refractivity contribution is -0.314. The minimum Gasteiger partial charge on any atom is -0.550 e. The number of carboxylic acids is 2. The Kier molecular flexibility index (Phi) is 3.01. The second-order valence-corrected chi connectivity index (χ2v) is 1.89. The van der Waals surface area contributed by atoms with Crippen LogP contribution in [-0.2, 0) is 9.59 Å². The summed E-state index contributed by atoms with van der Waals surface area (Å²) in [6.07, 6.45) is -0.718. The van der Waals surface area contributed by atoms with Crippen molar-refractivity contribution in [3.05, 3.63) is 0 Å². The summed E-state index contributed by atoms with van der Waals surface area (Å²) in [5.74, 6) is -3.10. The SMILES string of the molecule is O=C([O-])C[C@@H](Cl)C(=O)[O-]. The fraction of sp³-hybridized carbons (Fsp3) is 0.500. The van der Waals surface area contributed by atoms with Crippen molar-refractivity contribution in [2.24, 2.45) is 0 Å². The van der Waals surface area contributed by atoms with E-state index >= 15 is 0 Å². The summed E-state index contributed by atoms with van der Waals surface area (Å²) in [6, 6.07) is 0. The molecule has 0 N–H and O–H groups in total. The van der Waals surface area contributed by atoms with Crippen molar-refractivity contribution in [2.75, 3.05) is 0 Å². The van der Waals surface area contributed by atoms with Gasteiger partial charge >= 0.3 is 0 Å². The van der Waals surface area contributed by atoms with Gasteiger partial charge in [-0.15, -0.1) is 11.6 Å². The van der Waals surface area contributed by atoms with E-state index in [0.717, 1.165) is 0 Å². The van der Waals surface area contributed by atoms with Gasteiger partial charge in [-0.25, -0.2) is 0 Å². The molecule has 0 saturated heterocycles. The van der Waals surface area contributed by atoms with E-state index in [0.29, 0.717) is 0 Å². The Morgan fingerprint density at radius 2 is 1.89 bits per heavy atom. The third-order valence-electron chi connectivity index (χ3n) is 0.602. The number of hydrogen-bond acceptors (Lipinski definition) is 4. The Morgan fingerprint density at radius 1 is 1.44 bits per heavy atom. The van der Waals surface area contributed by atoms with Crippen LogP contribution in [0.4, 0.5) is 0 Å². The molecule has 0 aromatic rings. The smallest absolute Gasteiger partial charge is 0.0782 e. The summed E-state index contributed by atoms with van der Waals surface area (Å²) >= 11 is 4.93. The van der Waals surface area contributed by atoms with E-state index in [1.54, 1.807) is 0 Å². The molecule has 0 saturated carbocycles. The highest BCUT2D eigenvalue weighted by Crippen LogP contribution is 1.97. The molecule has 0 aliphatic rings. The van der Waals surface area contributed by atoms with Crippen LogP contribution in [0.5, 0.6) is 0 Å². The average Bonchev–Trinajstić information content (AvgIpc) is 1.63. The number of rotatable bonds is 3. The molecule has 0 rings (SSSR count). The maximum atomic E-state index is 9.70. The van der Waals surface area contributed by atoms with Crippen LogP contribution in [0.25, 0.3) is 0 Å². The summed E-state index contributed by atoms with van der Waals surface area (Å²) in [6.45, 7) is 0. The quantitative estimate of drug-likeness (QED) is 0.416. The van der Waals surface area contributed by atoms with Crippen molar-refractivity contribution in [3.8, 4) is 0 Å². The van der Waals surface area contributed by atoms with Crippen LogP contribution >= 0.6 is 11.6 Å². The van der Waals surface area contributed by atoms with Gasteiger partial charge in [0.25, 0.3) is 0 Å². The second-order valence-electron chi connectivity index (χ2n) is 1.36. The Balaban J connectivity index is 3.63. The zero-order chi connectivity index (χ0) is 7.44. The number of alkyl halides is 1. The van der Waals surface area contributed by atoms with Gasteiger partial charge in [0.2, 0.25) is 0 Å². The van der Waals surface area contributed by atoms with Crippen molar-refractivity contribution >= 4 is 23.5 Å². The highest BCUT2D eigenvalue weighted by atomic mass is 35.5. The molecule has 0 heterocycles. The number of carbonyl (C=O) groups is 2. The van der Waals surface area contributed by atoms with Gasteiger partial charge in [0.05, 0.1) is 11.3 Å². The molecule has 0 unspecified atom stereocenters. The zero-order valence-electron chi connectivity index (χ0n) is 4.30. The predicted octanol–water partition coefficient (Wildman–Crippen LogP) is -2.52. The molecule has 52 valence electrons. The average molecular weight is 151 g/mol. The molecule has 4 nitrogen and oxygen atoms in total. The van der Waals surface area contributed by atoms with Gasteiger partial charge in [-0.05, 0) is 0 Å². The fourth-order valence-corrected chi connectivity index (χ4v) is 0.356. The maximum absolute atomic E-state index is 9.70. The van der Waals surface area contributed by atoms with Crippen molar-refractivity contribution in [1.29, 1.82) is 0 Å². The van der Waals surface area contributed by atoms with Gasteiger partial charge in [0, 0.05) is 12.4 Å². The van der Waals surface area contributed by atoms with Crippen LogP contribution in [0.3, 0.4) is 0 Å². The molecule has 0 aliphatic heterocycles. The summed E-state index contributed by atoms with van der Waals surface area (Å²) < 4.78 is 0. The van der Waals surface area contributed by atoms with E-state index < -0.39 is 23.7 Å². The van der Waals surface area contributed by atoms with E-state index in [9.17, 15) is 19.8 Å². The van der Waals surface area contributed by atoms with Gasteiger partial charge in [0.1, 0.15) is 0 Å². The molecule has 1 atom stereocenters. The van der Waals surface area contributed by atoms with Gasteiger partial charge in [-0.1, -0.05) is 0 Å². The monoisotopic (exact) mass is 150 g/mol. The molecular formula is C4H3ClO4-2. The third-order valence-corrected chi connectivity index (χ3v) is 0.934. The van der Waals surface area contributed by atoms with Crippen molar-refractivity contribution < 1.29 is 19.8 Å². The minimum atomic E-state index is -1.60. The summed E-state index contributed by atoms with van der Waals surface area (Å²) in [5, 5.41) is 17.8. The molecule has 0 bridgehead atoms. The number of carboxylic acid groups (broad SMARTS) is 2. The first kappa shape index (κ1) is 8.23. The van der Waals surface area contributed by atoms with Gasteiger partial charge in [-0.3, -0.25) is 0 Å². The molecule has 0 amide bonds. The number of aliphatic carboxylic acids is 2. The van der Waals surface area contributed by atoms with E-state index in [4.69, 9.17) is 11.6 Å². The lowest BCUT2D eigenvalue weighted by Crippen LogP contribution is -2.36. The Morgan fingerprint density at radius 3 is 2.00 bits per heavy atom. The number of carbonyl (C=O) groups excluding carboxylic acids is 2. The number of halogens is 1. The van der Waals surface area contributed by atoms with Crippen LogP contribution < -0.4 is 10.2 Å². The third kappa shape index (κ3) is 3.78. The molecule has 9 heavy (non-hydrogen) atoms. The van der Waals surface area contributed by atoms with Crippen LogP contribution in [0.1, 0.15) is 6.42 Å². The Bertz CT molecular complexity index is 133. The van der Waals surface area contributed by atoms with Crippen LogP contribution in [0.15, 0.2) is 0 Å². The highest BCUT2D eigenvalue weighted by molar-refractivity contribution is 6.30. The van der Waals surface area contributed by atoms with E-state index in [1.807, 2.05) is 0 Å². The van der Waals surface area contributed by atoms with Crippen LogP contribution in [-0.4, -0.2) is 17.3 Å². The lowest BCUT2D eigenvalue weighted by Gasteiger charge is -2.09. The van der Waals surface area contributed by atoms with Crippen LogP contribution in [0, 0.1) is 0 Å². The van der Waals surface area contributed by atoms with Crippen molar-refractivity contribution in [1.82, 2.24) is 0 Å². The standard InChI is InChI=1S/C4H5ClO4/c5-2(4(8)9)1-3(6)7/h2H,1H2,(H,6,7)(H,8,9)/p-2/t2-/m1/s1. The zero-order valence-corrected chi connectivity index (χ0v) is 5.05. The normalized spacial score (nSPS) is 12.6. The first-order valence-electron chi connectivity index (χ1n) is 2.09. The summed E-state index contributed by atoms with van der Waals surface area (Å²) in [5.41, 5.74) is 0. The molecule has 0 radical (unpaired) electrons. The van der Waals surface area contributed by atoms with E-state index in [2.05, 4.69) is 0 Å². The molecule has 0 aromatic carbocycles. The topological polar surface area (TPSA) is 80.3 Å². The Hall–Kier alpha value is -0.770. The molecule has 5 heteroatoms. The highest BCUT2D eigenvalue weighted by Gasteiger charge is 2.03. The second kappa shape index (κ2) is 3.29. The van der Waals surface area contributed by atoms with Gasteiger partial charge < -0.3 is 19.8 Å². The largest absolute Gasteiger partial charge is 0.550 e. The predicted molar refractivity (Wildman–Crippen MR) is 24.3 cm³/mol. The van der Waals surface area contributed by atoms with Crippen LogP contribution in [0.2, 0.25) is 0 Å². The fourth-order valence-electron chi connectivity index (χ4n) is 0.230. The summed E-state index contributed by atoms with van der Waals surface area (Å²) in [7, 11) is 0. The van der Waals surface area contributed by atoms with E-state index in [1.165, 1.54) is 0 Å². The first-order valence-corrected chi connectivity index (χ1v) is 2.52. The maximum Gasteiger partial charge on any atom is 0.0782 e. The summed E-state index contributed by atoms with van der Waals surface area (Å²) in [4.78, 5) is 19.3.